The summed E-state index contributed by atoms with van der Waals surface area (Å²) in [5, 5.41) is 10.6. The van der Waals surface area contributed by atoms with Crippen LogP contribution >= 0.6 is 11.6 Å². The van der Waals surface area contributed by atoms with Gasteiger partial charge in [0.15, 0.2) is 0 Å². The van der Waals surface area contributed by atoms with Crippen molar-refractivity contribution in [2.24, 2.45) is 7.05 Å². The molecule has 1 saturated heterocycles. The fourth-order valence-electron chi connectivity index (χ4n) is 3.73. The lowest BCUT2D eigenvalue weighted by atomic mass is 10.1. The summed E-state index contributed by atoms with van der Waals surface area (Å²) >= 11 is 6.46. The SMILES string of the molecule is C[C@@H]1CN(C(=O)c2ccc3c(Cl)cc(-c4ccn(C)c4)nc3c2)CCN1C(=O)O. The number of piperazine rings is 1. The number of benzene rings is 1. The van der Waals surface area contributed by atoms with E-state index in [0.29, 0.717) is 35.7 Å². The highest BCUT2D eigenvalue weighted by atomic mass is 35.5. The van der Waals surface area contributed by atoms with Gasteiger partial charge in [-0.2, -0.15) is 0 Å². The number of pyridine rings is 1. The molecule has 3 aromatic rings. The Labute approximate surface area is 173 Å². The first-order valence-electron chi connectivity index (χ1n) is 9.35. The first kappa shape index (κ1) is 19.3. The Bertz CT molecular complexity index is 1110. The van der Waals surface area contributed by atoms with Crippen molar-refractivity contribution in [1.82, 2.24) is 19.4 Å². The Hall–Kier alpha value is -3.06. The summed E-state index contributed by atoms with van der Waals surface area (Å²) in [5.41, 5.74) is 2.87. The second-order valence-electron chi connectivity index (χ2n) is 7.36. The number of carbonyl (C=O) groups excluding carboxylic acids is 1. The minimum atomic E-state index is -0.956. The van der Waals surface area contributed by atoms with Gasteiger partial charge in [-0.25, -0.2) is 9.78 Å². The monoisotopic (exact) mass is 412 g/mol. The summed E-state index contributed by atoms with van der Waals surface area (Å²) in [6.45, 7) is 2.84. The van der Waals surface area contributed by atoms with Crippen LogP contribution in [0.2, 0.25) is 5.02 Å². The summed E-state index contributed by atoms with van der Waals surface area (Å²) < 4.78 is 1.94. The molecule has 29 heavy (non-hydrogen) atoms. The van der Waals surface area contributed by atoms with Crippen molar-refractivity contribution in [3.05, 3.63) is 53.3 Å². The lowest BCUT2D eigenvalue weighted by molar-refractivity contribution is 0.0507. The van der Waals surface area contributed by atoms with Gasteiger partial charge in [-0.05, 0) is 31.2 Å². The van der Waals surface area contributed by atoms with E-state index < -0.39 is 6.09 Å². The van der Waals surface area contributed by atoms with E-state index in [0.717, 1.165) is 16.6 Å². The van der Waals surface area contributed by atoms with E-state index in [2.05, 4.69) is 0 Å². The molecule has 3 heterocycles. The van der Waals surface area contributed by atoms with Gasteiger partial charge in [-0.3, -0.25) is 4.79 Å². The molecule has 0 aliphatic carbocycles. The number of carboxylic acid groups (broad SMARTS) is 1. The number of carbonyl (C=O) groups is 2. The highest BCUT2D eigenvalue weighted by Gasteiger charge is 2.30. The van der Waals surface area contributed by atoms with Crippen molar-refractivity contribution in [2.45, 2.75) is 13.0 Å². The third kappa shape index (κ3) is 3.65. The highest BCUT2D eigenvalue weighted by molar-refractivity contribution is 6.35. The number of hydrogen-bond acceptors (Lipinski definition) is 3. The zero-order valence-electron chi connectivity index (χ0n) is 16.2. The van der Waals surface area contributed by atoms with Crippen LogP contribution in [0.4, 0.5) is 4.79 Å². The molecule has 1 atom stereocenters. The van der Waals surface area contributed by atoms with Crippen molar-refractivity contribution >= 4 is 34.5 Å². The van der Waals surface area contributed by atoms with Crippen molar-refractivity contribution in [2.75, 3.05) is 19.6 Å². The average molecular weight is 413 g/mol. The third-order valence-electron chi connectivity index (χ3n) is 5.29. The molecular formula is C21H21ClN4O3. The molecule has 0 unspecified atom stereocenters. The van der Waals surface area contributed by atoms with Gasteiger partial charge in [-0.15, -0.1) is 0 Å². The molecule has 1 aliphatic heterocycles. The van der Waals surface area contributed by atoms with Crippen LogP contribution in [0.5, 0.6) is 0 Å². The second kappa shape index (κ2) is 7.40. The van der Waals surface area contributed by atoms with Crippen LogP contribution < -0.4 is 0 Å². The van der Waals surface area contributed by atoms with Gasteiger partial charge in [0.2, 0.25) is 0 Å². The van der Waals surface area contributed by atoms with Gasteiger partial charge in [0.1, 0.15) is 0 Å². The molecule has 0 bridgehead atoms. The van der Waals surface area contributed by atoms with Crippen LogP contribution in [-0.4, -0.2) is 62.1 Å². The summed E-state index contributed by atoms with van der Waals surface area (Å²) in [6, 6.07) is 8.85. The fraction of sp³-hybridized carbons (Fsp3) is 0.286. The Morgan fingerprint density at radius 3 is 2.66 bits per heavy atom. The normalized spacial score (nSPS) is 17.0. The van der Waals surface area contributed by atoms with E-state index in [1.807, 2.05) is 42.2 Å². The maximum atomic E-state index is 13.0. The van der Waals surface area contributed by atoms with E-state index in [9.17, 15) is 14.7 Å². The van der Waals surface area contributed by atoms with Crippen LogP contribution in [0.1, 0.15) is 17.3 Å². The van der Waals surface area contributed by atoms with E-state index in [-0.39, 0.29) is 11.9 Å². The number of aromatic nitrogens is 2. The maximum Gasteiger partial charge on any atom is 0.407 e. The molecule has 0 spiro atoms. The molecule has 7 nitrogen and oxygen atoms in total. The molecule has 4 rings (SSSR count). The minimum absolute atomic E-state index is 0.133. The number of aryl methyl sites for hydroxylation is 1. The number of nitrogens with zero attached hydrogens (tertiary/aromatic N) is 4. The topological polar surface area (TPSA) is 78.7 Å². The van der Waals surface area contributed by atoms with Gasteiger partial charge < -0.3 is 19.5 Å². The Morgan fingerprint density at radius 2 is 2.00 bits per heavy atom. The maximum absolute atomic E-state index is 13.0. The van der Waals surface area contributed by atoms with Gasteiger partial charge in [0.25, 0.3) is 5.91 Å². The van der Waals surface area contributed by atoms with Crippen LogP contribution in [0.15, 0.2) is 42.7 Å². The van der Waals surface area contributed by atoms with Crippen molar-refractivity contribution in [1.29, 1.82) is 0 Å². The summed E-state index contributed by atoms with van der Waals surface area (Å²) in [6.07, 6.45) is 2.94. The zero-order chi connectivity index (χ0) is 20.7. The second-order valence-corrected chi connectivity index (χ2v) is 7.77. The minimum Gasteiger partial charge on any atom is -0.465 e. The highest BCUT2D eigenvalue weighted by Crippen LogP contribution is 2.29. The average Bonchev–Trinajstić information content (AvgIpc) is 3.13. The van der Waals surface area contributed by atoms with E-state index in [1.165, 1.54) is 4.90 Å². The van der Waals surface area contributed by atoms with Crippen LogP contribution in [-0.2, 0) is 7.05 Å². The van der Waals surface area contributed by atoms with E-state index in [4.69, 9.17) is 16.6 Å². The molecule has 0 saturated carbocycles. The first-order valence-corrected chi connectivity index (χ1v) is 9.73. The summed E-state index contributed by atoms with van der Waals surface area (Å²) in [4.78, 5) is 32.0. The Morgan fingerprint density at radius 1 is 1.21 bits per heavy atom. The molecule has 8 heteroatoms. The van der Waals surface area contributed by atoms with Crippen molar-refractivity contribution in [3.63, 3.8) is 0 Å². The molecule has 150 valence electrons. The predicted molar refractivity (Wildman–Crippen MR) is 111 cm³/mol. The quantitative estimate of drug-likeness (QED) is 0.695. The first-order chi connectivity index (χ1) is 13.8. The number of fused-ring (bicyclic) bond motifs is 1. The Kier molecular flexibility index (Phi) is 4.92. The lowest BCUT2D eigenvalue weighted by Gasteiger charge is -2.38. The molecule has 1 fully saturated rings. The molecule has 1 aromatic carbocycles. The van der Waals surface area contributed by atoms with Gasteiger partial charge in [0, 0.05) is 61.6 Å². The molecule has 2 amide bonds. The van der Waals surface area contributed by atoms with Gasteiger partial charge in [0.05, 0.1) is 16.2 Å². The van der Waals surface area contributed by atoms with Crippen LogP contribution in [0, 0.1) is 0 Å². The smallest absolute Gasteiger partial charge is 0.407 e. The van der Waals surface area contributed by atoms with Crippen molar-refractivity contribution in [3.8, 4) is 11.3 Å². The fourth-order valence-corrected chi connectivity index (χ4v) is 3.99. The van der Waals surface area contributed by atoms with E-state index >= 15 is 0 Å². The van der Waals surface area contributed by atoms with Crippen LogP contribution in [0.3, 0.4) is 0 Å². The summed E-state index contributed by atoms with van der Waals surface area (Å²) in [5.74, 6) is -0.133. The number of rotatable bonds is 2. The standard InChI is InChI=1S/C21H21ClN4O3/c1-13-11-25(7-8-26(13)21(28)29)20(27)14-3-4-16-17(22)10-18(23-19(16)9-14)15-5-6-24(2)12-15/h3-6,9-10,12-13H,7-8,11H2,1-2H3,(H,28,29)/t13-/m1/s1. The van der Waals surface area contributed by atoms with Crippen molar-refractivity contribution < 1.29 is 14.7 Å². The molecular weight excluding hydrogens is 392 g/mol. The zero-order valence-corrected chi connectivity index (χ0v) is 16.9. The molecule has 0 radical (unpaired) electrons. The number of hydrogen-bond donors (Lipinski definition) is 1. The van der Waals surface area contributed by atoms with E-state index in [1.54, 1.807) is 24.0 Å². The third-order valence-corrected chi connectivity index (χ3v) is 5.61. The number of halogens is 1. The summed E-state index contributed by atoms with van der Waals surface area (Å²) in [7, 11) is 1.94. The molecule has 2 aromatic heterocycles. The lowest BCUT2D eigenvalue weighted by Crippen LogP contribution is -2.55. The van der Waals surface area contributed by atoms with Gasteiger partial charge >= 0.3 is 6.09 Å². The molecule has 1 N–H and O–H groups in total. The predicted octanol–water partition coefficient (Wildman–Crippen LogP) is 3.72. The van der Waals surface area contributed by atoms with Crippen LogP contribution in [0.25, 0.3) is 22.2 Å². The Balaban J connectivity index is 1.64. The number of amides is 2. The largest absolute Gasteiger partial charge is 0.465 e. The van der Waals surface area contributed by atoms with Gasteiger partial charge in [-0.1, -0.05) is 17.7 Å². The molecule has 1 aliphatic rings.